The first-order chi connectivity index (χ1) is 18.6. The number of nitrogens with zero attached hydrogens (tertiary/aromatic N) is 5. The topological polar surface area (TPSA) is 103 Å². The van der Waals surface area contributed by atoms with Crippen molar-refractivity contribution in [2.45, 2.75) is 83.5 Å². The van der Waals surface area contributed by atoms with Gasteiger partial charge in [-0.05, 0) is 52.6 Å². The molecule has 0 unspecified atom stereocenters. The van der Waals surface area contributed by atoms with E-state index in [1.807, 2.05) is 0 Å². The summed E-state index contributed by atoms with van der Waals surface area (Å²) >= 11 is 0. The third-order valence-corrected chi connectivity index (χ3v) is 7.93. The summed E-state index contributed by atoms with van der Waals surface area (Å²) in [4.78, 5) is 27.0. The van der Waals surface area contributed by atoms with Crippen molar-refractivity contribution in [2.75, 3.05) is 46.5 Å². The van der Waals surface area contributed by atoms with Crippen LogP contribution in [0.15, 0.2) is 10.6 Å². The lowest BCUT2D eigenvalue weighted by atomic mass is 10.0. The maximum atomic E-state index is 13.5. The van der Waals surface area contributed by atoms with Crippen LogP contribution >= 0.6 is 0 Å². The Bertz CT molecular complexity index is 1070. The molecule has 5 rings (SSSR count). The zero-order valence-corrected chi connectivity index (χ0v) is 22.8. The van der Waals surface area contributed by atoms with Gasteiger partial charge in [0.05, 0.1) is 13.2 Å². The molecule has 0 saturated carbocycles. The third kappa shape index (κ3) is 6.52. The molecule has 10 nitrogen and oxygen atoms in total. The molecular weight excluding hydrogens is 486 g/mol. The van der Waals surface area contributed by atoms with Crippen LogP contribution in [-0.4, -0.2) is 89.5 Å². The summed E-state index contributed by atoms with van der Waals surface area (Å²) in [5.41, 5.74) is 1.85. The van der Waals surface area contributed by atoms with Gasteiger partial charge in [0, 0.05) is 37.4 Å². The van der Waals surface area contributed by atoms with Crippen molar-refractivity contribution in [2.24, 2.45) is 0 Å². The van der Waals surface area contributed by atoms with Gasteiger partial charge in [0.15, 0.2) is 17.3 Å². The Morgan fingerprint density at radius 2 is 1.79 bits per heavy atom. The van der Waals surface area contributed by atoms with Gasteiger partial charge in [0.2, 0.25) is 5.88 Å². The predicted molar refractivity (Wildman–Crippen MR) is 141 cm³/mol. The maximum Gasteiger partial charge on any atom is 0.272 e. The summed E-state index contributed by atoms with van der Waals surface area (Å²) in [6.45, 7) is 6.33. The fourth-order valence-corrected chi connectivity index (χ4v) is 5.70. The van der Waals surface area contributed by atoms with Crippen LogP contribution in [0.1, 0.15) is 80.1 Å². The normalized spacial score (nSPS) is 22.8. The number of aromatic nitrogens is 3. The maximum absolute atomic E-state index is 13.5. The number of likely N-dealkylation sites (N-methyl/N-ethyl adjacent to an activating group) is 1. The van der Waals surface area contributed by atoms with Crippen LogP contribution in [-0.2, 0) is 22.5 Å². The van der Waals surface area contributed by atoms with Crippen LogP contribution < -0.4 is 4.74 Å². The molecule has 3 aliphatic heterocycles. The first-order valence-corrected chi connectivity index (χ1v) is 14.3. The molecule has 2 aromatic heterocycles. The molecule has 1 amide bonds. The minimum atomic E-state index is -0.150. The van der Waals surface area contributed by atoms with E-state index >= 15 is 0 Å². The monoisotopic (exact) mass is 527 g/mol. The van der Waals surface area contributed by atoms with Crippen molar-refractivity contribution in [3.63, 3.8) is 0 Å². The molecule has 5 heterocycles. The number of carbonyl (C=O) groups excluding carboxylic acids is 1. The van der Waals surface area contributed by atoms with Crippen molar-refractivity contribution >= 4 is 5.91 Å². The largest absolute Gasteiger partial charge is 0.473 e. The summed E-state index contributed by atoms with van der Waals surface area (Å²) in [6, 6.07) is 1.97. The molecule has 10 heteroatoms. The van der Waals surface area contributed by atoms with Gasteiger partial charge < -0.3 is 23.6 Å². The van der Waals surface area contributed by atoms with E-state index in [1.165, 1.54) is 19.3 Å². The van der Waals surface area contributed by atoms with Crippen LogP contribution in [0, 0.1) is 0 Å². The molecule has 2 saturated heterocycles. The van der Waals surface area contributed by atoms with Crippen LogP contribution in [0.3, 0.4) is 0 Å². The van der Waals surface area contributed by atoms with Crippen molar-refractivity contribution in [3.8, 4) is 17.4 Å². The second-order valence-corrected chi connectivity index (χ2v) is 10.7. The fraction of sp³-hybridized carbons (Fsp3) is 0.714. The molecular formula is C28H41N5O5. The lowest BCUT2D eigenvalue weighted by Gasteiger charge is -2.27. The molecule has 0 N–H and O–H groups in total. The minimum Gasteiger partial charge on any atom is -0.473 e. The number of fused-ring (bicyclic) bond motifs is 1. The Labute approximate surface area is 225 Å². The van der Waals surface area contributed by atoms with Gasteiger partial charge in [-0.3, -0.25) is 9.69 Å². The Kier molecular flexibility index (Phi) is 9.24. The van der Waals surface area contributed by atoms with Gasteiger partial charge in [-0.1, -0.05) is 30.8 Å². The number of likely N-dealkylation sites (tertiary alicyclic amines) is 1. The Morgan fingerprint density at radius 3 is 2.58 bits per heavy atom. The SMILES string of the molecule is C[C@H](Oc1cc(C(=O)N2CCOCC2)nc(-c2noc3c2CCCCCCCCOC3)n1)[C@@H]1CCCN1C. The van der Waals surface area contributed by atoms with E-state index in [1.54, 1.807) is 11.0 Å². The molecule has 208 valence electrons. The van der Waals surface area contributed by atoms with Gasteiger partial charge in [0.1, 0.15) is 18.4 Å². The summed E-state index contributed by atoms with van der Waals surface area (Å²) < 4.78 is 23.5. The standard InChI is InChI=1S/C28H41N5O5/c1-20(23-11-9-12-32(23)2)37-25-18-22(28(34)33-13-16-35-17-14-33)29-27(30-25)26-21-10-7-5-3-4-6-8-15-36-19-24(21)38-31-26/h18,20,23H,3-17,19H2,1-2H3/t20-,23-/m0/s1. The van der Waals surface area contributed by atoms with Crippen LogP contribution in [0.25, 0.3) is 11.5 Å². The first-order valence-electron chi connectivity index (χ1n) is 14.3. The number of morpholine rings is 1. The van der Waals surface area contributed by atoms with Crippen LogP contribution in [0.4, 0.5) is 0 Å². The van der Waals surface area contributed by atoms with Crippen LogP contribution in [0.5, 0.6) is 5.88 Å². The zero-order valence-electron chi connectivity index (χ0n) is 22.8. The number of amides is 1. The highest BCUT2D eigenvalue weighted by Crippen LogP contribution is 2.29. The van der Waals surface area contributed by atoms with Gasteiger partial charge in [-0.15, -0.1) is 0 Å². The second-order valence-electron chi connectivity index (χ2n) is 10.7. The Hall–Kier alpha value is -2.56. The summed E-state index contributed by atoms with van der Waals surface area (Å²) in [6.07, 6.45) is 9.83. The number of ether oxygens (including phenoxy) is 3. The highest BCUT2D eigenvalue weighted by Gasteiger charge is 2.30. The molecule has 2 atom stereocenters. The molecule has 0 bridgehead atoms. The Morgan fingerprint density at radius 1 is 1.00 bits per heavy atom. The molecule has 38 heavy (non-hydrogen) atoms. The van der Waals surface area contributed by atoms with Gasteiger partial charge >= 0.3 is 0 Å². The minimum absolute atomic E-state index is 0.0807. The molecule has 0 aromatic carbocycles. The van der Waals surface area contributed by atoms with E-state index in [-0.39, 0.29) is 12.0 Å². The lowest BCUT2D eigenvalue weighted by molar-refractivity contribution is 0.0298. The van der Waals surface area contributed by atoms with Gasteiger partial charge in [-0.25, -0.2) is 4.98 Å². The number of hydrogen-bond acceptors (Lipinski definition) is 9. The van der Waals surface area contributed by atoms with E-state index in [0.717, 1.165) is 56.4 Å². The van der Waals surface area contributed by atoms with Crippen molar-refractivity contribution in [1.29, 1.82) is 0 Å². The third-order valence-electron chi connectivity index (χ3n) is 7.93. The fourth-order valence-electron chi connectivity index (χ4n) is 5.70. The van der Waals surface area contributed by atoms with E-state index in [9.17, 15) is 4.79 Å². The molecule has 0 aliphatic carbocycles. The Balaban J connectivity index is 1.47. The first kappa shape index (κ1) is 27.0. The van der Waals surface area contributed by atoms with Crippen molar-refractivity contribution < 1.29 is 23.5 Å². The van der Waals surface area contributed by atoms with E-state index < -0.39 is 0 Å². The smallest absolute Gasteiger partial charge is 0.272 e. The summed E-state index contributed by atoms with van der Waals surface area (Å²) in [7, 11) is 2.13. The summed E-state index contributed by atoms with van der Waals surface area (Å²) in [5, 5.41) is 4.39. The highest BCUT2D eigenvalue weighted by atomic mass is 16.5. The van der Waals surface area contributed by atoms with Crippen LogP contribution in [0.2, 0.25) is 0 Å². The zero-order chi connectivity index (χ0) is 26.3. The predicted octanol–water partition coefficient (Wildman–Crippen LogP) is 3.88. The highest BCUT2D eigenvalue weighted by molar-refractivity contribution is 5.93. The number of carbonyl (C=O) groups is 1. The average molecular weight is 528 g/mol. The quantitative estimate of drug-likeness (QED) is 0.573. The van der Waals surface area contributed by atoms with E-state index in [2.05, 4.69) is 24.0 Å². The average Bonchev–Trinajstić information content (AvgIpc) is 3.54. The lowest BCUT2D eigenvalue weighted by Crippen LogP contribution is -2.41. The number of rotatable bonds is 5. The molecule has 3 aliphatic rings. The molecule has 2 aromatic rings. The van der Waals surface area contributed by atoms with E-state index in [0.29, 0.717) is 68.7 Å². The second kappa shape index (κ2) is 13.0. The molecule has 0 spiro atoms. The number of hydrogen-bond donors (Lipinski definition) is 0. The summed E-state index contributed by atoms with van der Waals surface area (Å²) in [5.74, 6) is 1.32. The van der Waals surface area contributed by atoms with Crippen molar-refractivity contribution in [3.05, 3.63) is 23.1 Å². The van der Waals surface area contributed by atoms with Gasteiger partial charge in [0.25, 0.3) is 5.91 Å². The van der Waals surface area contributed by atoms with Crippen molar-refractivity contribution in [1.82, 2.24) is 24.9 Å². The molecule has 0 radical (unpaired) electrons. The molecule has 2 fully saturated rings. The van der Waals surface area contributed by atoms with Gasteiger partial charge in [-0.2, -0.15) is 4.98 Å². The van der Waals surface area contributed by atoms with E-state index in [4.69, 9.17) is 28.7 Å².